The van der Waals surface area contributed by atoms with Crippen molar-refractivity contribution in [2.75, 3.05) is 58.0 Å². The Kier molecular flexibility index (Phi) is 14.5. The molecule has 0 spiro atoms. The predicted octanol–water partition coefficient (Wildman–Crippen LogP) is 13.4. The monoisotopic (exact) mass is 1090 g/mol. The first-order valence-corrected chi connectivity index (χ1v) is 21.7. The quantitative estimate of drug-likeness (QED) is 0.0296. The molecular weight excluding hydrogens is 1010 g/mol. The normalized spacial score (nSPS) is 19.3. The molecule has 0 saturated heterocycles. The number of ether oxygens (including phenoxy) is 5. The van der Waals surface area contributed by atoms with Crippen LogP contribution >= 0.6 is 39.1 Å². The van der Waals surface area contributed by atoms with Crippen molar-refractivity contribution in [3.63, 3.8) is 0 Å². The number of benzene rings is 6. The number of fused-ring (bicyclic) bond motifs is 3. The highest BCUT2D eigenvalue weighted by molar-refractivity contribution is 9.09. The Bertz CT molecular complexity index is 3660. The van der Waals surface area contributed by atoms with E-state index >= 15 is 0 Å². The largest absolute Gasteiger partial charge is 0.497 e. The molecule has 0 aromatic heterocycles. The highest BCUT2D eigenvalue weighted by Gasteiger charge is 2.19. The summed E-state index contributed by atoms with van der Waals surface area (Å²) in [4.78, 5) is 50.1. The van der Waals surface area contributed by atoms with Crippen LogP contribution in [-0.4, -0.2) is 86.1 Å². The second-order valence-electron chi connectivity index (χ2n) is 13.9. The van der Waals surface area contributed by atoms with E-state index in [-0.39, 0.29) is 0 Å². The van der Waals surface area contributed by atoms with Gasteiger partial charge in [-0.25, -0.2) is 0 Å². The number of nitrogens with zero attached hydrogens (tertiary/aromatic N) is 1. The summed E-state index contributed by atoms with van der Waals surface area (Å²) in [6.07, 6.45) is -21.2. The van der Waals surface area contributed by atoms with Crippen LogP contribution in [0.2, 0.25) is 0 Å². The van der Waals surface area contributed by atoms with Crippen LogP contribution in [0.4, 0.5) is 0 Å². The van der Waals surface area contributed by atoms with E-state index in [0.717, 1.165) is 43.6 Å². The maximum Gasteiger partial charge on any atom is 0.313 e. The molecule has 70 heavy (non-hydrogen) atoms. The lowest BCUT2D eigenvalue weighted by atomic mass is 9.98. The summed E-state index contributed by atoms with van der Waals surface area (Å²) in [6.45, 7) is -6.62. The lowest BCUT2D eigenvalue weighted by molar-refractivity contribution is -0.757. The van der Waals surface area contributed by atoms with Crippen LogP contribution in [0, 0.1) is 10.1 Å². The van der Waals surface area contributed by atoms with Crippen molar-refractivity contribution in [2.24, 2.45) is 0 Å². The van der Waals surface area contributed by atoms with Gasteiger partial charge in [0.2, 0.25) is 0 Å². The number of halogens is 3. The summed E-state index contributed by atoms with van der Waals surface area (Å²) in [5.74, 6) is -9.97. The van der Waals surface area contributed by atoms with Crippen molar-refractivity contribution in [3.05, 3.63) is 136 Å². The lowest BCUT2D eigenvalue weighted by Crippen LogP contribution is -2.14. The zero-order valence-electron chi connectivity index (χ0n) is 62.1. The fraction of sp³-hybridized carbons (Fsp3) is 0.389. The summed E-state index contributed by atoms with van der Waals surface area (Å²) in [5.41, 5.74) is 1.68. The third-order valence-electron chi connectivity index (χ3n) is 9.70. The molecule has 0 bridgehead atoms. The minimum atomic E-state index is -3.94. The fourth-order valence-corrected chi connectivity index (χ4v) is 6.06. The number of carbonyl (C=O) groups is 3. The molecule has 6 aromatic carbocycles. The molecule has 1 N–H and O–H groups in total. The van der Waals surface area contributed by atoms with Gasteiger partial charge in [0, 0.05) is 41.6 Å². The minimum Gasteiger partial charge on any atom is -0.497 e. The van der Waals surface area contributed by atoms with Gasteiger partial charge in [0.05, 0.1) is 67.0 Å². The first kappa shape index (κ1) is 31.5. The summed E-state index contributed by atoms with van der Waals surface area (Å²) in [6, 6.07) is 31.9. The Morgan fingerprint density at radius 3 is 1.21 bits per heavy atom. The third kappa shape index (κ3) is 19.9. The number of methoxy groups -OCH3 is 3. The molecule has 0 aliphatic carbocycles. The molecule has 0 saturated carbocycles. The third-order valence-corrected chi connectivity index (χ3v) is 10.1. The Labute approximate surface area is 462 Å². The molecule has 0 amide bonds. The number of hydrogen-bond acceptors (Lipinski definition) is 11. The van der Waals surface area contributed by atoms with E-state index in [1.165, 1.54) is 21.0 Å². The SMILES string of the molecule is COc1ccc2cc([C@H](C)C(=O)O)ccc2c1.[2H]C([2H])(Cl)C([2H])([2H])C([2H])([2H])C([2H])([2H])Br.[2H]C([2H])(Cl)C([2H])([2H])C([2H])([2H])C([2H])([2H])OC(=O)[C@@H](C)c1ccc2cc(OC)ccc2c1.[2H]C([2H])(OC(=O)[C@@H](C)c1ccc2cc(OC)ccc2c1)C([2H])([2H])C([2H])([2H])C([2H])([2H])O[N+](=O)[O-]. The van der Waals surface area contributed by atoms with Gasteiger partial charge < -0.3 is 33.6 Å². The molecule has 6 aromatic rings. The first-order valence-electron chi connectivity index (χ1n) is 32.2. The summed E-state index contributed by atoms with van der Waals surface area (Å²) in [5, 5.41) is 20.3. The van der Waals surface area contributed by atoms with Gasteiger partial charge in [0.25, 0.3) is 5.09 Å². The zero-order valence-corrected chi connectivity index (χ0v) is 41.2. The van der Waals surface area contributed by atoms with Crippen LogP contribution in [0.25, 0.3) is 32.3 Å². The molecule has 378 valence electrons. The molecule has 13 nitrogen and oxygen atoms in total. The maximum absolute atomic E-state index is 12.6. The Balaban J connectivity index is 0.000000345. The molecule has 6 rings (SSSR count). The van der Waals surface area contributed by atoms with Gasteiger partial charge in [-0.2, -0.15) is 0 Å². The van der Waals surface area contributed by atoms with E-state index in [1.807, 2.05) is 36.4 Å². The van der Waals surface area contributed by atoms with Crippen molar-refractivity contribution in [2.45, 2.75) is 76.8 Å². The number of carbonyl (C=O) groups excluding carboxylic acids is 2. The lowest BCUT2D eigenvalue weighted by Gasteiger charge is -2.13. The zero-order chi connectivity index (χ0) is 72.9. The van der Waals surface area contributed by atoms with Crippen molar-refractivity contribution in [1.82, 2.24) is 0 Å². The number of esters is 2. The summed E-state index contributed by atoms with van der Waals surface area (Å²) in [7, 11) is 4.68. The van der Waals surface area contributed by atoms with E-state index in [2.05, 4.69) is 30.2 Å². The van der Waals surface area contributed by atoms with Crippen LogP contribution in [0.15, 0.2) is 109 Å². The van der Waals surface area contributed by atoms with Crippen LogP contribution < -0.4 is 14.2 Å². The molecular formula is C54H64BrCl2NO12. The second kappa shape index (κ2) is 32.1. The van der Waals surface area contributed by atoms with E-state index in [4.69, 9.17) is 75.4 Å². The number of aliphatic carboxylic acids is 1. The standard InChI is InChI=1S/C18H21ClO3.C18H21NO6.C14H14O3.C4H8BrCl/c1-13(18(20)22-10-4-3-9-19)14-5-6-16-12-17(21-2)8-7-15(16)11-14;1-13(18(20)24-9-3-4-10-25-19(21)22)14-5-6-16-12-17(23-2)8-7-15(16)11-14;1-9(14(15)16)10-3-4-12-8-13(17-2)6-5-11(12)7-10;5-3-1-2-4-6/h5-8,11-13H,3-4,9-10H2,1-2H3;5-8,11-13H,3-4,9-10H2,1-2H3;3-9H,1-2H3,(H,15,16);1-4H2/t2*13-;9-;/m000./s1/i2*3D2,4D2,9D2,10D2;;1D2,2D2,3D2,4D2. The summed E-state index contributed by atoms with van der Waals surface area (Å²) < 4.78 is 203. The smallest absolute Gasteiger partial charge is 0.313 e. The number of hydrogen-bond donors (Lipinski definition) is 1. The van der Waals surface area contributed by atoms with Crippen molar-refractivity contribution in [1.29, 1.82) is 0 Å². The predicted molar refractivity (Wildman–Crippen MR) is 282 cm³/mol. The van der Waals surface area contributed by atoms with Gasteiger partial charge in [0.1, 0.15) is 17.2 Å². The van der Waals surface area contributed by atoms with E-state index in [9.17, 15) is 24.5 Å². The first-order chi connectivity index (χ1) is 42.4. The van der Waals surface area contributed by atoms with E-state index < -0.39 is 116 Å². The molecule has 0 aliphatic heterocycles. The van der Waals surface area contributed by atoms with Crippen LogP contribution in [0.1, 0.15) is 126 Å². The molecule has 0 heterocycles. The number of alkyl halides is 3. The van der Waals surface area contributed by atoms with Gasteiger partial charge in [-0.3, -0.25) is 14.4 Å². The molecule has 0 unspecified atom stereocenters. The maximum atomic E-state index is 12.6. The van der Waals surface area contributed by atoms with Gasteiger partial charge >= 0.3 is 17.9 Å². The van der Waals surface area contributed by atoms with E-state index in [0.29, 0.717) is 22.6 Å². The Morgan fingerprint density at radius 1 is 0.557 bits per heavy atom. The van der Waals surface area contributed by atoms with Gasteiger partial charge in [0.15, 0.2) is 0 Å². The van der Waals surface area contributed by atoms with E-state index in [1.54, 1.807) is 93.9 Å². The van der Waals surface area contributed by atoms with Crippen molar-refractivity contribution >= 4 is 89.4 Å². The van der Waals surface area contributed by atoms with Crippen molar-refractivity contribution in [3.8, 4) is 17.2 Å². The topological polar surface area (TPSA) is 170 Å². The molecule has 0 radical (unpaired) electrons. The van der Waals surface area contributed by atoms with Crippen LogP contribution in [0.5, 0.6) is 17.2 Å². The molecule has 3 atom stereocenters. The van der Waals surface area contributed by atoms with Crippen LogP contribution in [-0.2, 0) is 28.7 Å². The number of rotatable bonds is 22. The minimum absolute atomic E-state index is 0.393. The molecule has 16 heteroatoms. The fourth-order valence-electron chi connectivity index (χ4n) is 5.87. The number of carboxylic acids is 1. The van der Waals surface area contributed by atoms with Gasteiger partial charge in [-0.1, -0.05) is 88.7 Å². The Hall–Kier alpha value is -5.83. The summed E-state index contributed by atoms with van der Waals surface area (Å²) >= 11 is 12.7. The molecule has 0 fully saturated rings. The molecule has 0 aliphatic rings. The van der Waals surface area contributed by atoms with Gasteiger partial charge in [-0.15, -0.1) is 33.3 Å². The highest BCUT2D eigenvalue weighted by atomic mass is 79.9. The van der Waals surface area contributed by atoms with Gasteiger partial charge in [-0.05, 0) is 144 Å². The second-order valence-corrected chi connectivity index (χ2v) is 14.7. The van der Waals surface area contributed by atoms with Crippen LogP contribution in [0.3, 0.4) is 0 Å². The van der Waals surface area contributed by atoms with Crippen molar-refractivity contribution < 1.29 is 86.0 Å². The Morgan fingerprint density at radius 2 is 0.886 bits per heavy atom. The number of carboxylic acid groups (broad SMARTS) is 1. The average Bonchev–Trinajstić information content (AvgIpc) is 0.752. The average molecular weight is 1090 g/mol. The highest BCUT2D eigenvalue weighted by Crippen LogP contribution is 2.28.